The summed E-state index contributed by atoms with van der Waals surface area (Å²) in [6, 6.07) is 29.7. The minimum atomic E-state index is 0.864. The van der Waals surface area contributed by atoms with Crippen molar-refractivity contribution in [3.8, 4) is 17.1 Å². The number of benzene rings is 3. The zero-order chi connectivity index (χ0) is 23.6. The van der Waals surface area contributed by atoms with Gasteiger partial charge in [0.2, 0.25) is 0 Å². The SMILES string of the molecule is CCCCn1c(CN(CCc2ccccc2)Cc2ccc(OC)cc2)cnc1-c1ccccc1. The molecule has 0 aliphatic heterocycles. The van der Waals surface area contributed by atoms with Crippen LogP contribution in [0.25, 0.3) is 11.4 Å². The van der Waals surface area contributed by atoms with Crippen LogP contribution in [-0.4, -0.2) is 28.1 Å². The summed E-state index contributed by atoms with van der Waals surface area (Å²) in [4.78, 5) is 7.39. The third-order valence-electron chi connectivity index (χ3n) is 6.22. The van der Waals surface area contributed by atoms with Gasteiger partial charge in [-0.2, -0.15) is 0 Å². The Morgan fingerprint density at radius 1 is 0.824 bits per heavy atom. The lowest BCUT2D eigenvalue weighted by molar-refractivity contribution is 0.253. The Balaban J connectivity index is 1.58. The first-order valence-corrected chi connectivity index (χ1v) is 12.3. The molecule has 0 spiro atoms. The summed E-state index contributed by atoms with van der Waals surface area (Å²) in [5.74, 6) is 1.96. The second kappa shape index (κ2) is 12.2. The molecule has 1 heterocycles. The topological polar surface area (TPSA) is 30.3 Å². The van der Waals surface area contributed by atoms with Gasteiger partial charge in [-0.1, -0.05) is 86.1 Å². The predicted octanol–water partition coefficient (Wildman–Crippen LogP) is 6.60. The van der Waals surface area contributed by atoms with Crippen molar-refractivity contribution in [3.63, 3.8) is 0 Å². The molecular weight excluding hydrogens is 418 g/mol. The molecule has 0 radical (unpaired) electrons. The highest BCUT2D eigenvalue weighted by Crippen LogP contribution is 2.22. The second-order valence-corrected chi connectivity index (χ2v) is 8.74. The number of methoxy groups -OCH3 is 1. The number of unbranched alkanes of at least 4 members (excludes halogenated alkanes) is 1. The Morgan fingerprint density at radius 3 is 2.21 bits per heavy atom. The number of ether oxygens (including phenoxy) is 1. The summed E-state index contributed by atoms with van der Waals surface area (Å²) in [5, 5.41) is 0. The van der Waals surface area contributed by atoms with Gasteiger partial charge >= 0.3 is 0 Å². The maximum atomic E-state index is 5.35. The number of hydrogen-bond acceptors (Lipinski definition) is 3. The van der Waals surface area contributed by atoms with Crippen LogP contribution in [0.4, 0.5) is 0 Å². The molecule has 0 N–H and O–H groups in total. The molecule has 0 fully saturated rings. The summed E-state index contributed by atoms with van der Waals surface area (Å²) in [6.45, 7) is 5.97. The molecule has 0 atom stereocenters. The van der Waals surface area contributed by atoms with Crippen molar-refractivity contribution in [2.45, 2.75) is 45.8 Å². The van der Waals surface area contributed by atoms with Crippen LogP contribution in [0.1, 0.15) is 36.6 Å². The minimum Gasteiger partial charge on any atom is -0.497 e. The molecule has 0 bridgehead atoms. The molecule has 176 valence electrons. The molecular formula is C30H35N3O. The van der Waals surface area contributed by atoms with Gasteiger partial charge in [-0.05, 0) is 36.1 Å². The van der Waals surface area contributed by atoms with Crippen molar-refractivity contribution in [1.29, 1.82) is 0 Å². The maximum Gasteiger partial charge on any atom is 0.140 e. The van der Waals surface area contributed by atoms with E-state index in [1.807, 2.05) is 12.1 Å². The van der Waals surface area contributed by atoms with Gasteiger partial charge in [0.15, 0.2) is 0 Å². The molecule has 3 aromatic carbocycles. The third kappa shape index (κ3) is 6.36. The lowest BCUT2D eigenvalue weighted by Gasteiger charge is -2.24. The molecule has 0 amide bonds. The van der Waals surface area contributed by atoms with Gasteiger partial charge in [-0.3, -0.25) is 4.90 Å². The zero-order valence-corrected chi connectivity index (χ0v) is 20.4. The zero-order valence-electron chi connectivity index (χ0n) is 20.4. The molecule has 0 unspecified atom stereocenters. The maximum absolute atomic E-state index is 5.35. The molecule has 0 saturated heterocycles. The molecule has 0 aliphatic rings. The van der Waals surface area contributed by atoms with Gasteiger partial charge in [-0.15, -0.1) is 0 Å². The van der Waals surface area contributed by atoms with Crippen LogP contribution in [0.2, 0.25) is 0 Å². The fourth-order valence-corrected chi connectivity index (χ4v) is 4.28. The first-order chi connectivity index (χ1) is 16.8. The fraction of sp³-hybridized carbons (Fsp3) is 0.300. The van der Waals surface area contributed by atoms with Gasteiger partial charge in [0.25, 0.3) is 0 Å². The van der Waals surface area contributed by atoms with Crippen molar-refractivity contribution in [3.05, 3.63) is 108 Å². The number of imidazole rings is 1. The average molecular weight is 454 g/mol. The number of nitrogens with zero attached hydrogens (tertiary/aromatic N) is 3. The van der Waals surface area contributed by atoms with Crippen molar-refractivity contribution < 1.29 is 4.74 Å². The van der Waals surface area contributed by atoms with Crippen LogP contribution in [0.3, 0.4) is 0 Å². The highest BCUT2D eigenvalue weighted by atomic mass is 16.5. The summed E-state index contributed by atoms with van der Waals surface area (Å²) in [7, 11) is 1.71. The highest BCUT2D eigenvalue weighted by molar-refractivity contribution is 5.55. The Labute approximate surface area is 203 Å². The average Bonchev–Trinajstić information content (AvgIpc) is 3.29. The number of hydrogen-bond donors (Lipinski definition) is 0. The first kappa shape index (κ1) is 23.8. The number of aromatic nitrogens is 2. The second-order valence-electron chi connectivity index (χ2n) is 8.74. The molecule has 1 aromatic heterocycles. The number of rotatable bonds is 12. The van der Waals surface area contributed by atoms with E-state index in [1.165, 1.54) is 22.4 Å². The summed E-state index contributed by atoms with van der Waals surface area (Å²) < 4.78 is 7.77. The monoisotopic (exact) mass is 453 g/mol. The molecule has 4 rings (SSSR count). The highest BCUT2D eigenvalue weighted by Gasteiger charge is 2.15. The molecule has 4 aromatic rings. The molecule has 34 heavy (non-hydrogen) atoms. The summed E-state index contributed by atoms with van der Waals surface area (Å²) >= 11 is 0. The van der Waals surface area contributed by atoms with Crippen LogP contribution in [-0.2, 0) is 26.1 Å². The van der Waals surface area contributed by atoms with Gasteiger partial charge in [-0.25, -0.2) is 4.98 Å². The van der Waals surface area contributed by atoms with E-state index >= 15 is 0 Å². The van der Waals surface area contributed by atoms with Gasteiger partial charge in [0.1, 0.15) is 11.6 Å². The standard InChI is InChI=1S/C30H35N3O/c1-3-4-20-33-28(22-31-30(33)27-13-9-6-10-14-27)24-32(21-19-25-11-7-5-8-12-25)23-26-15-17-29(34-2)18-16-26/h5-18,22H,3-4,19-21,23-24H2,1-2H3. The van der Waals surface area contributed by atoms with Crippen LogP contribution in [0.5, 0.6) is 5.75 Å². The molecule has 0 saturated carbocycles. The quantitative estimate of drug-likeness (QED) is 0.242. The fourth-order valence-electron chi connectivity index (χ4n) is 4.28. The Bertz CT molecular complexity index is 1120. The largest absolute Gasteiger partial charge is 0.497 e. The van der Waals surface area contributed by atoms with Crippen LogP contribution in [0.15, 0.2) is 91.1 Å². The van der Waals surface area contributed by atoms with E-state index in [0.29, 0.717) is 0 Å². The normalized spacial score (nSPS) is 11.1. The van der Waals surface area contributed by atoms with Crippen molar-refractivity contribution >= 4 is 0 Å². The van der Waals surface area contributed by atoms with E-state index in [9.17, 15) is 0 Å². The van der Waals surface area contributed by atoms with Crippen molar-refractivity contribution in [2.24, 2.45) is 0 Å². The van der Waals surface area contributed by atoms with Crippen LogP contribution in [0, 0.1) is 0 Å². The van der Waals surface area contributed by atoms with Crippen LogP contribution < -0.4 is 4.74 Å². The van der Waals surface area contributed by atoms with E-state index in [1.54, 1.807) is 7.11 Å². The van der Waals surface area contributed by atoms with Gasteiger partial charge in [0, 0.05) is 31.7 Å². The van der Waals surface area contributed by atoms with E-state index in [2.05, 4.69) is 95.4 Å². The van der Waals surface area contributed by atoms with E-state index in [0.717, 1.165) is 57.0 Å². The Morgan fingerprint density at radius 2 is 1.53 bits per heavy atom. The minimum absolute atomic E-state index is 0.864. The first-order valence-electron chi connectivity index (χ1n) is 12.3. The van der Waals surface area contributed by atoms with Gasteiger partial charge in [0.05, 0.1) is 19.0 Å². The van der Waals surface area contributed by atoms with Gasteiger partial charge < -0.3 is 9.30 Å². The predicted molar refractivity (Wildman–Crippen MR) is 140 cm³/mol. The van der Waals surface area contributed by atoms with E-state index in [4.69, 9.17) is 9.72 Å². The Kier molecular flexibility index (Phi) is 8.53. The molecule has 4 nitrogen and oxygen atoms in total. The van der Waals surface area contributed by atoms with Crippen molar-refractivity contribution in [2.75, 3.05) is 13.7 Å². The lowest BCUT2D eigenvalue weighted by atomic mass is 10.1. The van der Waals surface area contributed by atoms with E-state index in [-0.39, 0.29) is 0 Å². The van der Waals surface area contributed by atoms with Crippen LogP contribution >= 0.6 is 0 Å². The molecule has 4 heteroatoms. The summed E-state index contributed by atoms with van der Waals surface area (Å²) in [5.41, 5.74) is 5.10. The summed E-state index contributed by atoms with van der Waals surface area (Å²) in [6.07, 6.45) is 5.40. The van der Waals surface area contributed by atoms with Crippen molar-refractivity contribution in [1.82, 2.24) is 14.5 Å². The van der Waals surface area contributed by atoms with E-state index < -0.39 is 0 Å². The lowest BCUT2D eigenvalue weighted by Crippen LogP contribution is -2.26. The smallest absolute Gasteiger partial charge is 0.140 e. The Hall–Kier alpha value is -3.37. The third-order valence-corrected chi connectivity index (χ3v) is 6.22. The molecule has 0 aliphatic carbocycles.